The summed E-state index contributed by atoms with van der Waals surface area (Å²) >= 11 is 0. The van der Waals surface area contributed by atoms with E-state index < -0.39 is 0 Å². The summed E-state index contributed by atoms with van der Waals surface area (Å²) in [6, 6.07) is 7.25. The van der Waals surface area contributed by atoms with Crippen molar-refractivity contribution in [1.29, 1.82) is 0 Å². The molecule has 28 heavy (non-hydrogen) atoms. The molecule has 1 aromatic carbocycles. The number of aliphatic hydroxyl groups excluding tert-OH is 1. The van der Waals surface area contributed by atoms with Gasteiger partial charge in [-0.05, 0) is 19.2 Å². The standard InChI is InChI=1S/C18H24N2O5.CH2O2/c1-19(6-8-21)11-14-12-24-9-7-20(14)18(22)16-10-13-4-3-5-15(23-2)17(13)25-16;2-1-3/h3-5,10,14,21H,6-9,11-12H2,1-2H3;1H,(H,2,3). The highest BCUT2D eigenvalue weighted by atomic mass is 16.5. The van der Waals surface area contributed by atoms with Gasteiger partial charge in [0, 0.05) is 25.0 Å². The number of para-hydroxylation sites is 1. The van der Waals surface area contributed by atoms with Crippen LogP contribution in [0.5, 0.6) is 5.75 Å². The Balaban J connectivity index is 0.000000878. The number of methoxy groups -OCH3 is 1. The van der Waals surface area contributed by atoms with E-state index >= 15 is 0 Å². The first-order valence-electron chi connectivity index (χ1n) is 8.88. The average molecular weight is 394 g/mol. The second kappa shape index (κ2) is 10.6. The summed E-state index contributed by atoms with van der Waals surface area (Å²) in [7, 11) is 3.49. The zero-order valence-electron chi connectivity index (χ0n) is 16.0. The Labute approximate surface area is 163 Å². The highest BCUT2D eigenvalue weighted by Gasteiger charge is 2.31. The Morgan fingerprint density at radius 3 is 2.89 bits per heavy atom. The second-order valence-electron chi connectivity index (χ2n) is 6.31. The predicted octanol–water partition coefficient (Wildman–Crippen LogP) is 0.907. The van der Waals surface area contributed by atoms with Crippen molar-refractivity contribution in [3.8, 4) is 5.75 Å². The topological polar surface area (TPSA) is 113 Å². The number of furan rings is 1. The Morgan fingerprint density at radius 2 is 2.21 bits per heavy atom. The van der Waals surface area contributed by atoms with Gasteiger partial charge in [0.2, 0.25) is 0 Å². The van der Waals surface area contributed by atoms with Crippen molar-refractivity contribution >= 4 is 23.3 Å². The van der Waals surface area contributed by atoms with Gasteiger partial charge in [-0.2, -0.15) is 0 Å². The van der Waals surface area contributed by atoms with Gasteiger partial charge >= 0.3 is 0 Å². The van der Waals surface area contributed by atoms with Gasteiger partial charge in [-0.25, -0.2) is 0 Å². The SMILES string of the molecule is COc1cccc2cc(C(=O)N3CCOCC3CN(C)CCO)oc12.O=CO. The number of carboxylic acid groups (broad SMARTS) is 1. The molecule has 2 N–H and O–H groups in total. The number of carbonyl (C=O) groups is 2. The summed E-state index contributed by atoms with van der Waals surface area (Å²) in [4.78, 5) is 25.1. The van der Waals surface area contributed by atoms with E-state index in [1.807, 2.05) is 30.1 Å². The lowest BCUT2D eigenvalue weighted by Crippen LogP contribution is -2.53. The minimum Gasteiger partial charge on any atom is -0.493 e. The molecular formula is C19H26N2O7. The van der Waals surface area contributed by atoms with Gasteiger partial charge in [-0.15, -0.1) is 0 Å². The molecule has 0 saturated carbocycles. The van der Waals surface area contributed by atoms with E-state index in [1.165, 1.54) is 0 Å². The maximum atomic E-state index is 13.0. The van der Waals surface area contributed by atoms with Crippen LogP contribution in [-0.2, 0) is 9.53 Å². The van der Waals surface area contributed by atoms with Crippen LogP contribution in [0, 0.1) is 0 Å². The second-order valence-corrected chi connectivity index (χ2v) is 6.31. The summed E-state index contributed by atoms with van der Waals surface area (Å²) in [5, 5.41) is 16.8. The molecule has 1 atom stereocenters. The Bertz CT molecular complexity index is 777. The van der Waals surface area contributed by atoms with Crippen LogP contribution in [0.4, 0.5) is 0 Å². The molecular weight excluding hydrogens is 368 g/mol. The molecule has 0 aliphatic carbocycles. The third-order valence-electron chi connectivity index (χ3n) is 4.43. The van der Waals surface area contributed by atoms with Crippen LogP contribution < -0.4 is 4.74 Å². The fraction of sp³-hybridized carbons (Fsp3) is 0.474. The van der Waals surface area contributed by atoms with Gasteiger partial charge in [0.05, 0.1) is 33.0 Å². The van der Waals surface area contributed by atoms with Gasteiger partial charge in [-0.1, -0.05) is 12.1 Å². The third-order valence-corrected chi connectivity index (χ3v) is 4.43. The highest BCUT2D eigenvalue weighted by Crippen LogP contribution is 2.29. The first-order chi connectivity index (χ1) is 13.5. The molecule has 9 heteroatoms. The van der Waals surface area contributed by atoms with Gasteiger partial charge in [-0.3, -0.25) is 9.59 Å². The molecule has 0 radical (unpaired) electrons. The lowest BCUT2D eigenvalue weighted by atomic mass is 10.2. The monoisotopic (exact) mass is 394 g/mol. The molecule has 2 heterocycles. The van der Waals surface area contributed by atoms with Gasteiger partial charge in [0.1, 0.15) is 0 Å². The molecule has 1 unspecified atom stereocenters. The summed E-state index contributed by atoms with van der Waals surface area (Å²) in [5.74, 6) is 0.762. The van der Waals surface area contributed by atoms with E-state index in [1.54, 1.807) is 18.1 Å². The fourth-order valence-electron chi connectivity index (χ4n) is 3.14. The maximum absolute atomic E-state index is 13.0. The first kappa shape index (κ1) is 21.7. The summed E-state index contributed by atoms with van der Waals surface area (Å²) in [6.45, 7) is 2.53. The number of morpholine rings is 1. The van der Waals surface area contributed by atoms with E-state index in [0.717, 1.165) is 5.39 Å². The van der Waals surface area contributed by atoms with Crippen molar-refractivity contribution in [3.05, 3.63) is 30.0 Å². The van der Waals surface area contributed by atoms with E-state index in [0.29, 0.717) is 49.9 Å². The first-order valence-corrected chi connectivity index (χ1v) is 8.88. The van der Waals surface area contributed by atoms with Crippen LogP contribution >= 0.6 is 0 Å². The summed E-state index contributed by atoms with van der Waals surface area (Å²) in [5.41, 5.74) is 0.579. The maximum Gasteiger partial charge on any atom is 0.290 e. The summed E-state index contributed by atoms with van der Waals surface area (Å²) in [6.07, 6.45) is 0. The molecule has 2 aromatic rings. The van der Waals surface area contributed by atoms with E-state index in [9.17, 15) is 4.79 Å². The molecule has 1 aliphatic heterocycles. The van der Waals surface area contributed by atoms with Gasteiger partial charge in [0.15, 0.2) is 17.1 Å². The average Bonchev–Trinajstić information content (AvgIpc) is 3.13. The van der Waals surface area contributed by atoms with Crippen LogP contribution in [0.25, 0.3) is 11.0 Å². The number of ether oxygens (including phenoxy) is 2. The van der Waals surface area contributed by atoms with E-state index in [4.69, 9.17) is 28.9 Å². The minimum atomic E-state index is -0.250. The number of fused-ring (bicyclic) bond motifs is 1. The van der Waals surface area contributed by atoms with Gasteiger partial charge in [0.25, 0.3) is 12.4 Å². The molecule has 3 rings (SSSR count). The molecule has 1 fully saturated rings. The lowest BCUT2D eigenvalue weighted by molar-refractivity contribution is -0.122. The van der Waals surface area contributed by atoms with E-state index in [-0.39, 0.29) is 25.0 Å². The number of carbonyl (C=O) groups excluding carboxylic acids is 1. The number of benzene rings is 1. The number of rotatable bonds is 6. The van der Waals surface area contributed by atoms with Crippen LogP contribution in [-0.4, -0.2) is 92.0 Å². The quantitative estimate of drug-likeness (QED) is 0.695. The predicted molar refractivity (Wildman–Crippen MR) is 102 cm³/mol. The van der Waals surface area contributed by atoms with Crippen molar-refractivity contribution in [3.63, 3.8) is 0 Å². The Hall–Kier alpha value is -2.62. The van der Waals surface area contributed by atoms with Crippen molar-refractivity contribution in [2.75, 3.05) is 53.6 Å². The number of hydrogen-bond acceptors (Lipinski definition) is 7. The van der Waals surface area contributed by atoms with Crippen molar-refractivity contribution < 1.29 is 33.7 Å². The zero-order chi connectivity index (χ0) is 20.5. The molecule has 1 saturated heterocycles. The molecule has 1 aromatic heterocycles. The zero-order valence-corrected chi connectivity index (χ0v) is 16.0. The number of hydrogen-bond donors (Lipinski definition) is 2. The largest absolute Gasteiger partial charge is 0.493 e. The molecule has 0 bridgehead atoms. The number of nitrogens with zero attached hydrogens (tertiary/aromatic N) is 2. The van der Waals surface area contributed by atoms with Crippen LogP contribution in [0.15, 0.2) is 28.7 Å². The normalized spacial score (nSPS) is 16.6. The molecule has 9 nitrogen and oxygen atoms in total. The smallest absolute Gasteiger partial charge is 0.290 e. The van der Waals surface area contributed by atoms with Crippen molar-refractivity contribution in [2.45, 2.75) is 6.04 Å². The molecule has 154 valence electrons. The Kier molecular flexibility index (Phi) is 8.24. The number of likely N-dealkylation sites (N-methyl/N-ethyl adjacent to an activating group) is 1. The fourth-order valence-corrected chi connectivity index (χ4v) is 3.14. The van der Waals surface area contributed by atoms with Gasteiger partial charge < -0.3 is 33.9 Å². The lowest BCUT2D eigenvalue weighted by Gasteiger charge is -2.37. The minimum absolute atomic E-state index is 0.0760. The molecule has 0 spiro atoms. The van der Waals surface area contributed by atoms with Crippen LogP contribution in [0.2, 0.25) is 0 Å². The van der Waals surface area contributed by atoms with Crippen LogP contribution in [0.1, 0.15) is 10.6 Å². The third kappa shape index (κ3) is 5.22. The summed E-state index contributed by atoms with van der Waals surface area (Å²) < 4.78 is 16.6. The van der Waals surface area contributed by atoms with Crippen molar-refractivity contribution in [2.24, 2.45) is 0 Å². The molecule has 1 aliphatic rings. The van der Waals surface area contributed by atoms with E-state index in [2.05, 4.69) is 0 Å². The van der Waals surface area contributed by atoms with Crippen molar-refractivity contribution in [1.82, 2.24) is 9.80 Å². The highest BCUT2D eigenvalue weighted by molar-refractivity contribution is 5.97. The van der Waals surface area contributed by atoms with Crippen LogP contribution in [0.3, 0.4) is 0 Å². The number of amides is 1. The number of aliphatic hydroxyl groups is 1. The molecule has 1 amide bonds. The Morgan fingerprint density at radius 1 is 1.46 bits per heavy atom.